The zero-order chi connectivity index (χ0) is 14.4. The minimum atomic E-state index is 0.476. The minimum Gasteiger partial charge on any atom is -0.481 e. The second kappa shape index (κ2) is 6.60. The molecule has 0 atom stereocenters. The van der Waals surface area contributed by atoms with Gasteiger partial charge in [-0.25, -0.2) is 9.97 Å². The van der Waals surface area contributed by atoms with Crippen molar-refractivity contribution in [1.29, 1.82) is 0 Å². The van der Waals surface area contributed by atoms with Crippen molar-refractivity contribution in [3.8, 4) is 5.88 Å². The average Bonchev–Trinajstić information content (AvgIpc) is 2.48. The van der Waals surface area contributed by atoms with Gasteiger partial charge in [0.2, 0.25) is 5.88 Å². The highest BCUT2D eigenvalue weighted by Gasteiger charge is 1.97. The van der Waals surface area contributed by atoms with Crippen molar-refractivity contribution in [1.82, 2.24) is 9.97 Å². The molecule has 0 fully saturated rings. The minimum absolute atomic E-state index is 0.476. The Bertz CT molecular complexity index is 580. The highest BCUT2D eigenvalue weighted by atomic mass is 16.5. The fourth-order valence-corrected chi connectivity index (χ4v) is 1.59. The maximum atomic E-state index is 5.00. The molecule has 6 nitrogen and oxygen atoms in total. The molecule has 0 aliphatic rings. The SMILES string of the molecule is COc1cc(N=NCc2ccc(N(C)C)cc2)ncn1. The molecular weight excluding hydrogens is 254 g/mol. The van der Waals surface area contributed by atoms with Crippen LogP contribution in [-0.2, 0) is 6.54 Å². The van der Waals surface area contributed by atoms with E-state index in [-0.39, 0.29) is 0 Å². The normalized spacial score (nSPS) is 10.8. The number of rotatable bonds is 5. The Morgan fingerprint density at radius 1 is 1.15 bits per heavy atom. The molecule has 1 heterocycles. The van der Waals surface area contributed by atoms with E-state index in [1.54, 1.807) is 13.2 Å². The third kappa shape index (κ3) is 3.74. The predicted molar refractivity (Wildman–Crippen MR) is 77.6 cm³/mol. The molecule has 1 aromatic carbocycles. The maximum absolute atomic E-state index is 5.00. The first-order valence-corrected chi connectivity index (χ1v) is 6.19. The quantitative estimate of drug-likeness (QED) is 0.784. The molecule has 0 aliphatic carbocycles. The Balaban J connectivity index is 1.98. The second-order valence-corrected chi connectivity index (χ2v) is 4.38. The fourth-order valence-electron chi connectivity index (χ4n) is 1.59. The Labute approximate surface area is 118 Å². The molecule has 0 bridgehead atoms. The van der Waals surface area contributed by atoms with Gasteiger partial charge in [-0.3, -0.25) is 0 Å². The Morgan fingerprint density at radius 2 is 1.90 bits per heavy atom. The lowest BCUT2D eigenvalue weighted by molar-refractivity contribution is 0.397. The van der Waals surface area contributed by atoms with Crippen molar-refractivity contribution in [3.63, 3.8) is 0 Å². The molecule has 0 aliphatic heterocycles. The Hall–Kier alpha value is -2.50. The van der Waals surface area contributed by atoms with Gasteiger partial charge in [-0.15, -0.1) is 5.11 Å². The summed E-state index contributed by atoms with van der Waals surface area (Å²) in [4.78, 5) is 9.96. The highest BCUT2D eigenvalue weighted by molar-refractivity contribution is 5.45. The van der Waals surface area contributed by atoms with Crippen molar-refractivity contribution in [2.45, 2.75) is 6.54 Å². The molecular formula is C14H17N5O. The van der Waals surface area contributed by atoms with Gasteiger partial charge < -0.3 is 9.64 Å². The van der Waals surface area contributed by atoms with Crippen LogP contribution in [0.5, 0.6) is 5.88 Å². The van der Waals surface area contributed by atoms with E-state index in [4.69, 9.17) is 4.74 Å². The van der Waals surface area contributed by atoms with Crippen LogP contribution in [0.2, 0.25) is 0 Å². The lowest BCUT2D eigenvalue weighted by Gasteiger charge is -2.11. The molecule has 0 saturated carbocycles. The first-order chi connectivity index (χ1) is 9.69. The van der Waals surface area contributed by atoms with Gasteiger partial charge in [-0.1, -0.05) is 12.1 Å². The summed E-state index contributed by atoms with van der Waals surface area (Å²) in [7, 11) is 5.57. The van der Waals surface area contributed by atoms with Gasteiger partial charge in [0.1, 0.15) is 6.33 Å². The van der Waals surface area contributed by atoms with Gasteiger partial charge in [0.15, 0.2) is 5.82 Å². The summed E-state index contributed by atoms with van der Waals surface area (Å²) in [5, 5.41) is 8.18. The summed E-state index contributed by atoms with van der Waals surface area (Å²) >= 11 is 0. The van der Waals surface area contributed by atoms with Gasteiger partial charge in [0, 0.05) is 25.8 Å². The lowest BCUT2D eigenvalue weighted by atomic mass is 10.2. The summed E-state index contributed by atoms with van der Waals surface area (Å²) in [6.45, 7) is 0.514. The van der Waals surface area contributed by atoms with Crippen LogP contribution in [0, 0.1) is 0 Å². The molecule has 0 amide bonds. The van der Waals surface area contributed by atoms with Crippen molar-refractivity contribution < 1.29 is 4.74 Å². The number of hydrogen-bond acceptors (Lipinski definition) is 6. The van der Waals surface area contributed by atoms with E-state index in [2.05, 4.69) is 37.2 Å². The predicted octanol–water partition coefficient (Wildman–Crippen LogP) is 2.84. The molecule has 0 spiro atoms. The van der Waals surface area contributed by atoms with Gasteiger partial charge in [-0.2, -0.15) is 5.11 Å². The van der Waals surface area contributed by atoms with Crippen molar-refractivity contribution in [2.75, 3.05) is 26.1 Å². The van der Waals surface area contributed by atoms with E-state index in [9.17, 15) is 0 Å². The van der Waals surface area contributed by atoms with E-state index < -0.39 is 0 Å². The van der Waals surface area contributed by atoms with Crippen LogP contribution in [0.4, 0.5) is 11.5 Å². The van der Waals surface area contributed by atoms with Crippen LogP contribution in [0.25, 0.3) is 0 Å². The standard InChI is InChI=1S/C14H17N5O/c1-19(2)12-6-4-11(5-7-12)9-17-18-13-8-14(20-3)16-10-15-13/h4-8,10H,9H2,1-3H3. The van der Waals surface area contributed by atoms with Crippen molar-refractivity contribution >= 4 is 11.5 Å². The molecule has 6 heteroatoms. The Kier molecular flexibility index (Phi) is 4.60. The zero-order valence-electron chi connectivity index (χ0n) is 11.8. The molecule has 2 rings (SSSR count). The van der Waals surface area contributed by atoms with E-state index in [1.165, 1.54) is 6.33 Å². The Morgan fingerprint density at radius 3 is 2.55 bits per heavy atom. The van der Waals surface area contributed by atoms with Crippen molar-refractivity contribution in [2.24, 2.45) is 10.2 Å². The number of anilines is 1. The lowest BCUT2D eigenvalue weighted by Crippen LogP contribution is -2.08. The largest absolute Gasteiger partial charge is 0.481 e. The number of methoxy groups -OCH3 is 1. The molecule has 104 valence electrons. The van der Waals surface area contributed by atoms with Crippen LogP contribution in [0.1, 0.15) is 5.56 Å². The molecule has 2 aromatic rings. The van der Waals surface area contributed by atoms with Gasteiger partial charge in [0.25, 0.3) is 0 Å². The zero-order valence-corrected chi connectivity index (χ0v) is 11.8. The van der Waals surface area contributed by atoms with Crippen LogP contribution in [0.15, 0.2) is 46.9 Å². The molecule has 20 heavy (non-hydrogen) atoms. The molecule has 1 aromatic heterocycles. The number of nitrogens with zero attached hydrogens (tertiary/aromatic N) is 5. The molecule has 0 N–H and O–H groups in total. The number of aromatic nitrogens is 2. The van der Waals surface area contributed by atoms with Crippen molar-refractivity contribution in [3.05, 3.63) is 42.2 Å². The molecule has 0 unspecified atom stereocenters. The molecule has 0 saturated heterocycles. The smallest absolute Gasteiger partial charge is 0.218 e. The summed E-state index contributed by atoms with van der Waals surface area (Å²) < 4.78 is 5.00. The van der Waals surface area contributed by atoms with Crippen LogP contribution in [-0.4, -0.2) is 31.2 Å². The summed E-state index contributed by atoms with van der Waals surface area (Å²) in [6, 6.07) is 9.82. The van der Waals surface area contributed by atoms with E-state index >= 15 is 0 Å². The third-order valence-corrected chi connectivity index (χ3v) is 2.72. The van der Waals surface area contributed by atoms with Crippen LogP contribution >= 0.6 is 0 Å². The average molecular weight is 271 g/mol. The first kappa shape index (κ1) is 13.9. The highest BCUT2D eigenvalue weighted by Crippen LogP contribution is 2.16. The van der Waals surface area contributed by atoms with E-state index in [0.29, 0.717) is 18.2 Å². The third-order valence-electron chi connectivity index (χ3n) is 2.72. The van der Waals surface area contributed by atoms with Gasteiger partial charge in [0.05, 0.1) is 13.7 Å². The monoisotopic (exact) mass is 271 g/mol. The van der Waals surface area contributed by atoms with Gasteiger partial charge in [-0.05, 0) is 17.7 Å². The summed E-state index contributed by atoms with van der Waals surface area (Å²) in [5.41, 5.74) is 2.26. The number of hydrogen-bond donors (Lipinski definition) is 0. The van der Waals surface area contributed by atoms with Crippen LogP contribution in [0.3, 0.4) is 0 Å². The van der Waals surface area contributed by atoms with Gasteiger partial charge >= 0.3 is 0 Å². The first-order valence-electron chi connectivity index (χ1n) is 6.19. The van der Waals surface area contributed by atoms with E-state index in [1.807, 2.05) is 26.2 Å². The fraction of sp³-hybridized carbons (Fsp3) is 0.286. The summed E-state index contributed by atoms with van der Waals surface area (Å²) in [5.74, 6) is 0.964. The number of azo groups is 1. The van der Waals surface area contributed by atoms with Crippen LogP contribution < -0.4 is 9.64 Å². The second-order valence-electron chi connectivity index (χ2n) is 4.38. The number of ether oxygens (including phenoxy) is 1. The summed E-state index contributed by atoms with van der Waals surface area (Å²) in [6.07, 6.45) is 1.40. The van der Waals surface area contributed by atoms with E-state index in [0.717, 1.165) is 11.3 Å². The maximum Gasteiger partial charge on any atom is 0.218 e. The number of benzene rings is 1. The molecule has 0 radical (unpaired) electrons. The topological polar surface area (TPSA) is 63.0 Å².